The zero-order chi connectivity index (χ0) is 12.1. The van der Waals surface area contributed by atoms with Crippen LogP contribution in [0.5, 0.6) is 0 Å². The second-order valence-corrected chi connectivity index (χ2v) is 3.26. The minimum atomic E-state index is -0.465. The number of aromatic nitrogens is 2. The third-order valence-corrected chi connectivity index (χ3v) is 1.99. The lowest BCUT2D eigenvalue weighted by atomic mass is 10.3. The molecule has 0 aliphatic rings. The minimum absolute atomic E-state index is 0.0974. The Morgan fingerprint density at radius 1 is 1.56 bits per heavy atom. The molecule has 16 heavy (non-hydrogen) atoms. The van der Waals surface area contributed by atoms with Crippen molar-refractivity contribution in [3.8, 4) is 0 Å². The molecule has 0 saturated carbocycles. The molecule has 1 aromatic rings. The Balaban J connectivity index is 2.58. The molecule has 5 N–H and O–H groups in total. The van der Waals surface area contributed by atoms with Crippen LogP contribution in [0.25, 0.3) is 0 Å². The van der Waals surface area contributed by atoms with Gasteiger partial charge in [-0.05, 0) is 6.92 Å². The molecule has 0 radical (unpaired) electrons. The number of carbonyl (C=O) groups excluding carboxylic acids is 2. The van der Waals surface area contributed by atoms with Gasteiger partial charge in [0.05, 0.1) is 5.69 Å². The number of rotatable bonds is 5. The molecule has 1 rings (SSSR count). The Bertz CT molecular complexity index is 399. The van der Waals surface area contributed by atoms with E-state index in [2.05, 4.69) is 10.4 Å². The summed E-state index contributed by atoms with van der Waals surface area (Å²) >= 11 is 0. The Morgan fingerprint density at radius 2 is 2.25 bits per heavy atom. The number of amides is 2. The number of hydrogen-bond donors (Lipinski definition) is 3. The highest BCUT2D eigenvalue weighted by molar-refractivity contribution is 5.97. The third-order valence-electron chi connectivity index (χ3n) is 1.99. The van der Waals surface area contributed by atoms with Gasteiger partial charge in [0.1, 0.15) is 0 Å². The van der Waals surface area contributed by atoms with Crippen LogP contribution in [0.3, 0.4) is 0 Å². The fourth-order valence-electron chi connectivity index (χ4n) is 1.16. The van der Waals surface area contributed by atoms with Crippen LogP contribution in [0.2, 0.25) is 0 Å². The predicted molar refractivity (Wildman–Crippen MR) is 58.5 cm³/mol. The van der Waals surface area contributed by atoms with Crippen molar-refractivity contribution in [3.05, 3.63) is 11.9 Å². The summed E-state index contributed by atoms with van der Waals surface area (Å²) in [7, 11) is 0. The summed E-state index contributed by atoms with van der Waals surface area (Å²) in [6.45, 7) is 2.71. The lowest BCUT2D eigenvalue weighted by molar-refractivity contribution is -0.117. The van der Waals surface area contributed by atoms with E-state index in [1.54, 1.807) is 10.9 Å². The van der Waals surface area contributed by atoms with Crippen molar-refractivity contribution < 1.29 is 9.59 Å². The molecule has 0 bridgehead atoms. The number of nitrogens with two attached hydrogens (primary N) is 2. The molecule has 7 heteroatoms. The average molecular weight is 225 g/mol. The molecule has 0 unspecified atom stereocenters. The van der Waals surface area contributed by atoms with Crippen LogP contribution in [0.15, 0.2) is 6.20 Å². The first-order chi connectivity index (χ1) is 7.54. The van der Waals surface area contributed by atoms with Gasteiger partial charge < -0.3 is 16.8 Å². The van der Waals surface area contributed by atoms with Gasteiger partial charge in [0.25, 0.3) is 5.91 Å². The molecule has 2 amide bonds. The van der Waals surface area contributed by atoms with Crippen molar-refractivity contribution in [2.45, 2.75) is 19.9 Å². The SMILES string of the molecule is CCn1cc(N)c(C(=O)NCCC(N)=O)n1. The molecule has 0 aromatic carbocycles. The van der Waals surface area contributed by atoms with Crippen molar-refractivity contribution in [1.82, 2.24) is 15.1 Å². The highest BCUT2D eigenvalue weighted by Gasteiger charge is 2.13. The number of carbonyl (C=O) groups is 2. The van der Waals surface area contributed by atoms with Crippen molar-refractivity contribution in [3.63, 3.8) is 0 Å². The first-order valence-electron chi connectivity index (χ1n) is 4.94. The second-order valence-electron chi connectivity index (χ2n) is 3.26. The van der Waals surface area contributed by atoms with Crippen LogP contribution in [0.4, 0.5) is 5.69 Å². The van der Waals surface area contributed by atoms with Crippen molar-refractivity contribution in [2.24, 2.45) is 5.73 Å². The summed E-state index contributed by atoms with van der Waals surface area (Å²) in [6, 6.07) is 0. The van der Waals surface area contributed by atoms with Gasteiger partial charge in [-0.15, -0.1) is 0 Å². The Hall–Kier alpha value is -2.05. The molecule has 88 valence electrons. The van der Waals surface area contributed by atoms with Crippen LogP contribution in [0, 0.1) is 0 Å². The Kier molecular flexibility index (Phi) is 3.87. The first kappa shape index (κ1) is 12.0. The summed E-state index contributed by atoms with van der Waals surface area (Å²) < 4.78 is 1.57. The van der Waals surface area contributed by atoms with E-state index in [9.17, 15) is 9.59 Å². The third kappa shape index (κ3) is 2.97. The van der Waals surface area contributed by atoms with Gasteiger partial charge in [-0.1, -0.05) is 0 Å². The molecule has 0 saturated heterocycles. The molecule has 0 fully saturated rings. The second kappa shape index (κ2) is 5.15. The summed E-state index contributed by atoms with van der Waals surface area (Å²) in [5.74, 6) is -0.863. The molecule has 1 heterocycles. The van der Waals surface area contributed by atoms with Gasteiger partial charge in [-0.3, -0.25) is 14.3 Å². The molecule has 0 atom stereocenters. The Labute approximate surface area is 92.8 Å². The minimum Gasteiger partial charge on any atom is -0.396 e. The van der Waals surface area contributed by atoms with E-state index >= 15 is 0 Å². The Morgan fingerprint density at radius 3 is 2.75 bits per heavy atom. The highest BCUT2D eigenvalue weighted by atomic mass is 16.2. The van der Waals surface area contributed by atoms with Crippen LogP contribution in [0.1, 0.15) is 23.8 Å². The first-order valence-corrected chi connectivity index (χ1v) is 4.94. The number of anilines is 1. The fraction of sp³-hybridized carbons (Fsp3) is 0.444. The largest absolute Gasteiger partial charge is 0.396 e. The zero-order valence-electron chi connectivity index (χ0n) is 9.06. The maximum Gasteiger partial charge on any atom is 0.273 e. The van der Waals surface area contributed by atoms with E-state index in [1.807, 2.05) is 6.92 Å². The van der Waals surface area contributed by atoms with Gasteiger partial charge in [-0.25, -0.2) is 0 Å². The van der Waals surface area contributed by atoms with E-state index in [0.717, 1.165) is 0 Å². The van der Waals surface area contributed by atoms with Crippen molar-refractivity contribution in [1.29, 1.82) is 0 Å². The lowest BCUT2D eigenvalue weighted by Gasteiger charge is -2.01. The molecule has 0 spiro atoms. The topological polar surface area (TPSA) is 116 Å². The van der Waals surface area contributed by atoms with Gasteiger partial charge >= 0.3 is 0 Å². The normalized spacial score (nSPS) is 10.1. The lowest BCUT2D eigenvalue weighted by Crippen LogP contribution is -2.28. The summed E-state index contributed by atoms with van der Waals surface area (Å²) in [5, 5.41) is 6.50. The smallest absolute Gasteiger partial charge is 0.273 e. The van der Waals surface area contributed by atoms with E-state index in [1.165, 1.54) is 0 Å². The maximum absolute atomic E-state index is 11.6. The standard InChI is InChI=1S/C9H15N5O2/c1-2-14-5-6(10)8(13-14)9(16)12-4-3-7(11)15/h5H,2-4,10H2,1H3,(H2,11,15)(H,12,16). The van der Waals surface area contributed by atoms with Crippen molar-refractivity contribution >= 4 is 17.5 Å². The van der Waals surface area contributed by atoms with Gasteiger partial charge in [-0.2, -0.15) is 5.10 Å². The van der Waals surface area contributed by atoms with Crippen LogP contribution >= 0.6 is 0 Å². The molecular formula is C9H15N5O2. The fourth-order valence-corrected chi connectivity index (χ4v) is 1.16. The van der Waals surface area contributed by atoms with Crippen LogP contribution < -0.4 is 16.8 Å². The van der Waals surface area contributed by atoms with E-state index < -0.39 is 11.8 Å². The number of hydrogen-bond acceptors (Lipinski definition) is 4. The van der Waals surface area contributed by atoms with Crippen LogP contribution in [-0.2, 0) is 11.3 Å². The summed E-state index contributed by atoms with van der Waals surface area (Å²) in [5.41, 5.74) is 11.0. The van der Waals surface area contributed by atoms with Gasteiger partial charge in [0.2, 0.25) is 5.91 Å². The van der Waals surface area contributed by atoms with E-state index in [-0.39, 0.29) is 18.7 Å². The summed E-state index contributed by atoms with van der Waals surface area (Å²) in [4.78, 5) is 22.0. The quantitative estimate of drug-likeness (QED) is 0.601. The molecular weight excluding hydrogens is 210 g/mol. The monoisotopic (exact) mass is 225 g/mol. The zero-order valence-corrected chi connectivity index (χ0v) is 9.06. The predicted octanol–water partition coefficient (Wildman–Crippen LogP) is -0.910. The maximum atomic E-state index is 11.6. The molecule has 0 aliphatic heterocycles. The van der Waals surface area contributed by atoms with Crippen LogP contribution in [-0.4, -0.2) is 28.1 Å². The number of primary amides is 1. The van der Waals surface area contributed by atoms with Crippen molar-refractivity contribution in [2.75, 3.05) is 12.3 Å². The van der Waals surface area contributed by atoms with Gasteiger partial charge in [0.15, 0.2) is 5.69 Å². The molecule has 7 nitrogen and oxygen atoms in total. The number of aryl methyl sites for hydroxylation is 1. The van der Waals surface area contributed by atoms with E-state index in [0.29, 0.717) is 12.2 Å². The molecule has 0 aliphatic carbocycles. The number of nitrogens with zero attached hydrogens (tertiary/aromatic N) is 2. The number of nitrogens with one attached hydrogen (secondary N) is 1. The summed E-state index contributed by atoms with van der Waals surface area (Å²) in [6.07, 6.45) is 1.68. The average Bonchev–Trinajstić information content (AvgIpc) is 2.59. The number of nitrogen functional groups attached to an aromatic ring is 1. The van der Waals surface area contributed by atoms with Gasteiger partial charge in [0, 0.05) is 25.7 Å². The highest BCUT2D eigenvalue weighted by Crippen LogP contribution is 2.08. The molecule has 1 aromatic heterocycles. The van der Waals surface area contributed by atoms with E-state index in [4.69, 9.17) is 11.5 Å².